The number of amidine groups is 1. The number of piperazine rings is 1. The number of aromatic nitrogens is 1. The first kappa shape index (κ1) is 19.6. The molecule has 2 N–H and O–H groups in total. The molecule has 4 rings (SSSR count). The molecule has 0 atom stereocenters. The molecule has 2 aromatic rings. The number of quaternary nitrogens is 1. The number of amides is 1. The van der Waals surface area contributed by atoms with E-state index in [4.69, 9.17) is 4.52 Å². The van der Waals surface area contributed by atoms with Gasteiger partial charge in [0.2, 0.25) is 5.91 Å². The van der Waals surface area contributed by atoms with Crippen molar-refractivity contribution < 1.29 is 22.6 Å². The van der Waals surface area contributed by atoms with Crippen molar-refractivity contribution in [2.75, 3.05) is 32.7 Å². The van der Waals surface area contributed by atoms with E-state index in [1.165, 1.54) is 4.90 Å². The van der Waals surface area contributed by atoms with Gasteiger partial charge >= 0.3 is 0 Å². The second kappa shape index (κ2) is 7.96. The Labute approximate surface area is 169 Å². The molecule has 1 amide bonds. The van der Waals surface area contributed by atoms with Crippen LogP contribution in [0.1, 0.15) is 23.4 Å². The lowest BCUT2D eigenvalue weighted by atomic mass is 10.2. The molecule has 154 valence electrons. The summed E-state index contributed by atoms with van der Waals surface area (Å²) in [4.78, 5) is 20.3. The summed E-state index contributed by atoms with van der Waals surface area (Å²) in [5.74, 6) is 1.16. The number of nitrogens with zero attached hydrogens (tertiary/aromatic N) is 3. The minimum atomic E-state index is -3.55. The molecule has 29 heavy (non-hydrogen) atoms. The van der Waals surface area contributed by atoms with Gasteiger partial charge in [-0.05, 0) is 19.1 Å². The maximum absolute atomic E-state index is 12.5. The Morgan fingerprint density at radius 2 is 2.07 bits per heavy atom. The first-order chi connectivity index (χ1) is 13.9. The average Bonchev–Trinajstić information content (AvgIpc) is 3.23. The smallest absolute Gasteiger partial charge is 0.263 e. The number of carbonyl (C=O) groups excluding carboxylic acids is 1. The van der Waals surface area contributed by atoms with E-state index in [1.54, 1.807) is 24.3 Å². The molecule has 2 aliphatic heterocycles. The monoisotopic (exact) mass is 418 g/mol. The van der Waals surface area contributed by atoms with Gasteiger partial charge in [0.15, 0.2) is 0 Å². The fourth-order valence-corrected chi connectivity index (χ4v) is 4.93. The molecule has 0 spiro atoms. The summed E-state index contributed by atoms with van der Waals surface area (Å²) in [7, 11) is -3.55. The Kier molecular flexibility index (Phi) is 5.37. The van der Waals surface area contributed by atoms with Gasteiger partial charge in [0, 0.05) is 18.1 Å². The third-order valence-electron chi connectivity index (χ3n) is 5.19. The largest absolute Gasteiger partial charge is 0.361 e. The highest BCUT2D eigenvalue weighted by atomic mass is 32.2. The summed E-state index contributed by atoms with van der Waals surface area (Å²) >= 11 is 0. The van der Waals surface area contributed by atoms with Crippen LogP contribution in [-0.2, 0) is 21.4 Å². The quantitative estimate of drug-likeness (QED) is 0.670. The molecular formula is C19H24N5O4S+. The second-order valence-electron chi connectivity index (χ2n) is 7.32. The van der Waals surface area contributed by atoms with Crippen LogP contribution in [0.4, 0.5) is 0 Å². The summed E-state index contributed by atoms with van der Waals surface area (Å²) in [6.07, 6.45) is 0.255. The Balaban J connectivity index is 1.27. The van der Waals surface area contributed by atoms with E-state index < -0.39 is 10.0 Å². The average molecular weight is 418 g/mol. The summed E-state index contributed by atoms with van der Waals surface area (Å²) < 4.78 is 31.7. The number of hydrogen-bond acceptors (Lipinski definition) is 6. The van der Waals surface area contributed by atoms with E-state index in [-0.39, 0.29) is 23.8 Å². The van der Waals surface area contributed by atoms with Gasteiger partial charge in [-0.2, -0.15) is 0 Å². The molecule has 9 nitrogen and oxygen atoms in total. The van der Waals surface area contributed by atoms with Crippen molar-refractivity contribution in [3.8, 4) is 0 Å². The van der Waals surface area contributed by atoms with Crippen molar-refractivity contribution in [2.24, 2.45) is 4.99 Å². The van der Waals surface area contributed by atoms with Gasteiger partial charge in [-0.25, -0.2) is 8.42 Å². The molecule has 1 saturated heterocycles. The molecule has 0 radical (unpaired) electrons. The van der Waals surface area contributed by atoms with E-state index in [9.17, 15) is 13.2 Å². The summed E-state index contributed by atoms with van der Waals surface area (Å²) in [5.41, 5.74) is 1.49. The third-order valence-corrected chi connectivity index (χ3v) is 6.59. The van der Waals surface area contributed by atoms with Crippen LogP contribution in [0.2, 0.25) is 0 Å². The molecule has 0 saturated carbocycles. The van der Waals surface area contributed by atoms with Crippen LogP contribution in [-0.4, -0.2) is 62.9 Å². The lowest BCUT2D eigenvalue weighted by molar-refractivity contribution is -0.918. The zero-order valence-corrected chi connectivity index (χ0v) is 17.0. The van der Waals surface area contributed by atoms with Crippen LogP contribution in [0.3, 0.4) is 0 Å². The van der Waals surface area contributed by atoms with Crippen LogP contribution in [0.15, 0.2) is 44.7 Å². The highest BCUT2D eigenvalue weighted by molar-refractivity contribution is 7.90. The van der Waals surface area contributed by atoms with Gasteiger partial charge < -0.3 is 14.3 Å². The maximum Gasteiger partial charge on any atom is 0.263 e. The zero-order valence-electron chi connectivity index (χ0n) is 16.2. The number of hydrogen-bond donors (Lipinski definition) is 2. The fraction of sp³-hybridized carbons (Fsp3) is 0.421. The zero-order chi connectivity index (χ0) is 20.4. The van der Waals surface area contributed by atoms with E-state index >= 15 is 0 Å². The minimum absolute atomic E-state index is 0.0415. The van der Waals surface area contributed by atoms with E-state index in [2.05, 4.69) is 14.9 Å². The van der Waals surface area contributed by atoms with Crippen LogP contribution in [0.5, 0.6) is 0 Å². The lowest BCUT2D eigenvalue weighted by Crippen LogP contribution is -3.13. The molecular weight excluding hydrogens is 394 g/mol. The molecule has 2 aliphatic rings. The predicted octanol–water partition coefficient (Wildman–Crippen LogP) is -0.661. The lowest BCUT2D eigenvalue weighted by Gasteiger charge is -2.31. The van der Waals surface area contributed by atoms with Crippen LogP contribution in [0.25, 0.3) is 0 Å². The van der Waals surface area contributed by atoms with E-state index in [0.717, 1.165) is 31.1 Å². The number of sulfonamides is 1. The highest BCUT2D eigenvalue weighted by Crippen LogP contribution is 2.22. The van der Waals surface area contributed by atoms with Crippen molar-refractivity contribution in [1.82, 2.24) is 14.8 Å². The Morgan fingerprint density at radius 1 is 1.31 bits per heavy atom. The topological polar surface area (TPSA) is 109 Å². The van der Waals surface area contributed by atoms with Crippen LogP contribution < -0.4 is 9.62 Å². The second-order valence-corrected chi connectivity index (χ2v) is 8.97. The predicted molar refractivity (Wildman–Crippen MR) is 105 cm³/mol. The van der Waals surface area contributed by atoms with E-state index in [1.807, 2.05) is 17.9 Å². The van der Waals surface area contributed by atoms with Crippen LogP contribution >= 0.6 is 0 Å². The number of benzene rings is 1. The number of aliphatic imine (C=N–C) groups is 1. The molecule has 10 heteroatoms. The fourth-order valence-electron chi connectivity index (χ4n) is 3.68. The summed E-state index contributed by atoms with van der Waals surface area (Å²) in [5, 5.41) is 4.03. The Hall–Kier alpha value is -2.72. The maximum atomic E-state index is 12.5. The third kappa shape index (κ3) is 4.33. The number of nitrogens with one attached hydrogen (secondary N) is 2. The number of fused-ring (bicyclic) bond motifs is 1. The Bertz CT molecular complexity index is 1040. The van der Waals surface area contributed by atoms with Gasteiger partial charge in [-0.1, -0.05) is 17.3 Å². The van der Waals surface area contributed by atoms with Crippen molar-refractivity contribution in [2.45, 2.75) is 24.8 Å². The highest BCUT2D eigenvalue weighted by Gasteiger charge is 2.30. The molecule has 0 unspecified atom stereocenters. The van der Waals surface area contributed by atoms with E-state index in [0.29, 0.717) is 24.5 Å². The number of carbonyl (C=O) groups is 1. The van der Waals surface area contributed by atoms with Crippen molar-refractivity contribution >= 4 is 21.8 Å². The first-order valence-corrected chi connectivity index (χ1v) is 11.1. The molecule has 1 aromatic heterocycles. The summed E-state index contributed by atoms with van der Waals surface area (Å²) in [6.45, 7) is 6.02. The van der Waals surface area contributed by atoms with Gasteiger partial charge in [-0.3, -0.25) is 14.5 Å². The first-order valence-electron chi connectivity index (χ1n) is 9.62. The number of aryl methyl sites for hydroxylation is 1. The molecule has 1 aromatic carbocycles. The molecule has 1 fully saturated rings. The number of rotatable bonds is 5. The van der Waals surface area contributed by atoms with Gasteiger partial charge in [0.05, 0.1) is 37.6 Å². The van der Waals surface area contributed by atoms with Crippen molar-refractivity contribution in [3.63, 3.8) is 0 Å². The minimum Gasteiger partial charge on any atom is -0.361 e. The standard InChI is InChI=1S/C19H23N5O4S/c1-14-12-15(21-28-14)13-23-8-10-24(11-9-23)18(25)6-7-20-19-16-4-2-3-5-17(16)29(26,27)22-19/h2-5,12H,6-11,13H2,1H3,(H,20,22)/p+1. The Morgan fingerprint density at radius 3 is 2.79 bits per heavy atom. The van der Waals surface area contributed by atoms with Gasteiger partial charge in [0.1, 0.15) is 23.8 Å². The molecule has 0 bridgehead atoms. The van der Waals surface area contributed by atoms with Crippen LogP contribution in [0, 0.1) is 6.92 Å². The SMILES string of the molecule is Cc1cc(C[NH+]2CCN(C(=O)CCN=C3NS(=O)(=O)c4ccccc43)CC2)no1. The normalized spacial score (nSPS) is 19.9. The molecule has 3 heterocycles. The van der Waals surface area contributed by atoms with Crippen molar-refractivity contribution in [3.05, 3.63) is 47.3 Å². The molecule has 0 aliphatic carbocycles. The van der Waals surface area contributed by atoms with Gasteiger partial charge in [0.25, 0.3) is 10.0 Å². The summed E-state index contributed by atoms with van der Waals surface area (Å²) in [6, 6.07) is 8.65. The van der Waals surface area contributed by atoms with Gasteiger partial charge in [-0.15, -0.1) is 0 Å². The van der Waals surface area contributed by atoms with Crippen molar-refractivity contribution in [1.29, 1.82) is 0 Å².